The van der Waals surface area contributed by atoms with E-state index in [-0.39, 0.29) is 5.91 Å². The molecule has 1 fully saturated rings. The maximum atomic E-state index is 12.0. The zero-order valence-electron chi connectivity index (χ0n) is 11.4. The number of nitrogens with one attached hydrogen (secondary N) is 1. The SMILES string of the molecule is CCn1ncc(N)c1C(=O)NCCCOCC1CC1. The van der Waals surface area contributed by atoms with Crippen molar-refractivity contribution >= 4 is 11.6 Å². The topological polar surface area (TPSA) is 82.2 Å². The quantitative estimate of drug-likeness (QED) is 0.689. The summed E-state index contributed by atoms with van der Waals surface area (Å²) < 4.78 is 7.11. The fourth-order valence-corrected chi connectivity index (χ4v) is 1.88. The fourth-order valence-electron chi connectivity index (χ4n) is 1.88. The van der Waals surface area contributed by atoms with E-state index >= 15 is 0 Å². The molecular weight excluding hydrogens is 244 g/mol. The lowest BCUT2D eigenvalue weighted by Gasteiger charge is -2.08. The summed E-state index contributed by atoms with van der Waals surface area (Å²) in [4.78, 5) is 12.0. The molecule has 0 atom stereocenters. The molecule has 19 heavy (non-hydrogen) atoms. The summed E-state index contributed by atoms with van der Waals surface area (Å²) in [5.41, 5.74) is 6.61. The molecule has 0 spiro atoms. The lowest BCUT2D eigenvalue weighted by atomic mass is 10.3. The Balaban J connectivity index is 1.66. The first-order valence-corrected chi connectivity index (χ1v) is 6.89. The molecule has 1 saturated carbocycles. The van der Waals surface area contributed by atoms with Crippen LogP contribution in [0.3, 0.4) is 0 Å². The summed E-state index contributed by atoms with van der Waals surface area (Å²) in [6, 6.07) is 0. The van der Waals surface area contributed by atoms with Gasteiger partial charge in [-0.25, -0.2) is 0 Å². The van der Waals surface area contributed by atoms with E-state index in [1.165, 1.54) is 19.0 Å². The molecule has 6 nitrogen and oxygen atoms in total. The van der Waals surface area contributed by atoms with Crippen molar-refractivity contribution in [1.82, 2.24) is 15.1 Å². The van der Waals surface area contributed by atoms with Gasteiger partial charge in [-0.15, -0.1) is 0 Å². The van der Waals surface area contributed by atoms with E-state index in [0.717, 1.165) is 18.9 Å². The number of amides is 1. The van der Waals surface area contributed by atoms with E-state index in [4.69, 9.17) is 10.5 Å². The van der Waals surface area contributed by atoms with Gasteiger partial charge in [0.2, 0.25) is 0 Å². The van der Waals surface area contributed by atoms with E-state index < -0.39 is 0 Å². The maximum Gasteiger partial charge on any atom is 0.271 e. The second kappa shape index (κ2) is 6.56. The second-order valence-electron chi connectivity index (χ2n) is 4.89. The summed E-state index contributed by atoms with van der Waals surface area (Å²) in [5.74, 6) is 0.618. The zero-order chi connectivity index (χ0) is 13.7. The molecule has 1 aromatic heterocycles. The van der Waals surface area contributed by atoms with Crippen LogP contribution in [0.2, 0.25) is 0 Å². The number of rotatable bonds is 8. The predicted molar refractivity (Wildman–Crippen MR) is 72.8 cm³/mol. The molecule has 0 unspecified atom stereocenters. The number of hydrogen-bond donors (Lipinski definition) is 2. The van der Waals surface area contributed by atoms with Crippen LogP contribution >= 0.6 is 0 Å². The summed E-state index contributed by atoms with van der Waals surface area (Å²) >= 11 is 0. The lowest BCUT2D eigenvalue weighted by molar-refractivity contribution is 0.0928. The van der Waals surface area contributed by atoms with Crippen molar-refractivity contribution in [3.8, 4) is 0 Å². The first kappa shape index (κ1) is 13.9. The molecule has 2 rings (SSSR count). The van der Waals surface area contributed by atoms with Crippen LogP contribution in [0.25, 0.3) is 0 Å². The molecule has 0 aliphatic heterocycles. The Hall–Kier alpha value is -1.56. The standard InChI is InChI=1S/C13H22N4O2/c1-2-17-12(11(14)8-16-17)13(18)15-6-3-7-19-9-10-4-5-10/h8,10H,2-7,9,14H2,1H3,(H,15,18). The number of aromatic nitrogens is 2. The molecule has 1 aliphatic rings. The number of nitrogens with two attached hydrogens (primary N) is 1. The Morgan fingerprint density at radius 3 is 3.11 bits per heavy atom. The van der Waals surface area contributed by atoms with E-state index in [0.29, 0.717) is 31.1 Å². The van der Waals surface area contributed by atoms with Crippen molar-refractivity contribution in [2.75, 3.05) is 25.5 Å². The van der Waals surface area contributed by atoms with Crippen LogP contribution in [0.5, 0.6) is 0 Å². The van der Waals surface area contributed by atoms with Crippen molar-refractivity contribution in [3.63, 3.8) is 0 Å². The van der Waals surface area contributed by atoms with Crippen molar-refractivity contribution in [2.24, 2.45) is 5.92 Å². The van der Waals surface area contributed by atoms with Gasteiger partial charge in [0.1, 0.15) is 5.69 Å². The Labute approximate surface area is 113 Å². The van der Waals surface area contributed by atoms with E-state index in [9.17, 15) is 4.79 Å². The van der Waals surface area contributed by atoms with Gasteiger partial charge >= 0.3 is 0 Å². The third-order valence-corrected chi connectivity index (χ3v) is 3.18. The molecule has 0 aromatic carbocycles. The summed E-state index contributed by atoms with van der Waals surface area (Å²) in [6.07, 6.45) is 4.93. The summed E-state index contributed by atoms with van der Waals surface area (Å²) in [5, 5.41) is 6.89. The highest BCUT2D eigenvalue weighted by atomic mass is 16.5. The third kappa shape index (κ3) is 3.96. The van der Waals surface area contributed by atoms with Crippen LogP contribution in [0.15, 0.2) is 6.20 Å². The van der Waals surface area contributed by atoms with E-state index in [2.05, 4.69) is 10.4 Å². The molecule has 0 radical (unpaired) electrons. The number of aryl methyl sites for hydroxylation is 1. The molecule has 0 saturated heterocycles. The molecular formula is C13H22N4O2. The first-order valence-electron chi connectivity index (χ1n) is 6.89. The van der Waals surface area contributed by atoms with Crippen LogP contribution in [-0.4, -0.2) is 35.4 Å². The zero-order valence-corrected chi connectivity index (χ0v) is 11.4. The van der Waals surface area contributed by atoms with E-state index in [1.54, 1.807) is 4.68 Å². The summed E-state index contributed by atoms with van der Waals surface area (Å²) in [6.45, 7) is 4.71. The second-order valence-corrected chi connectivity index (χ2v) is 4.89. The molecule has 0 bridgehead atoms. The van der Waals surface area contributed by atoms with Gasteiger partial charge in [0.25, 0.3) is 5.91 Å². The van der Waals surface area contributed by atoms with Gasteiger partial charge in [-0.3, -0.25) is 9.48 Å². The van der Waals surface area contributed by atoms with Gasteiger partial charge in [-0.2, -0.15) is 5.10 Å². The number of carbonyl (C=O) groups is 1. The van der Waals surface area contributed by atoms with E-state index in [1.807, 2.05) is 6.92 Å². The fraction of sp³-hybridized carbons (Fsp3) is 0.692. The first-order chi connectivity index (χ1) is 9.22. The average molecular weight is 266 g/mol. The normalized spacial score (nSPS) is 14.6. The largest absolute Gasteiger partial charge is 0.396 e. The predicted octanol–water partition coefficient (Wildman–Crippen LogP) is 1.03. The van der Waals surface area contributed by atoms with Gasteiger partial charge in [0.05, 0.1) is 11.9 Å². The van der Waals surface area contributed by atoms with Gasteiger partial charge in [-0.1, -0.05) is 0 Å². The number of anilines is 1. The van der Waals surface area contributed by atoms with Crippen molar-refractivity contribution in [2.45, 2.75) is 32.7 Å². The monoisotopic (exact) mass is 266 g/mol. The van der Waals surface area contributed by atoms with Gasteiger partial charge in [0, 0.05) is 26.3 Å². The van der Waals surface area contributed by atoms with Gasteiger partial charge in [0.15, 0.2) is 0 Å². The number of ether oxygens (including phenoxy) is 1. The Morgan fingerprint density at radius 2 is 2.42 bits per heavy atom. The van der Waals surface area contributed by atoms with Crippen LogP contribution in [0, 0.1) is 5.92 Å². The smallest absolute Gasteiger partial charge is 0.271 e. The van der Waals surface area contributed by atoms with Crippen LogP contribution in [-0.2, 0) is 11.3 Å². The van der Waals surface area contributed by atoms with Crippen molar-refractivity contribution < 1.29 is 9.53 Å². The molecule has 3 N–H and O–H groups in total. The van der Waals surface area contributed by atoms with Crippen LogP contribution < -0.4 is 11.1 Å². The lowest BCUT2D eigenvalue weighted by Crippen LogP contribution is -2.28. The van der Waals surface area contributed by atoms with Crippen LogP contribution in [0.4, 0.5) is 5.69 Å². The number of nitrogen functional groups attached to an aromatic ring is 1. The number of carbonyl (C=O) groups excluding carboxylic acids is 1. The van der Waals surface area contributed by atoms with Gasteiger partial charge < -0.3 is 15.8 Å². The van der Waals surface area contributed by atoms with Gasteiger partial charge in [-0.05, 0) is 32.1 Å². The average Bonchev–Trinajstić information content (AvgIpc) is 3.15. The summed E-state index contributed by atoms with van der Waals surface area (Å²) in [7, 11) is 0. The van der Waals surface area contributed by atoms with Crippen LogP contribution in [0.1, 0.15) is 36.7 Å². The molecule has 6 heteroatoms. The molecule has 1 aliphatic carbocycles. The Morgan fingerprint density at radius 1 is 1.63 bits per heavy atom. The number of hydrogen-bond acceptors (Lipinski definition) is 4. The highest BCUT2D eigenvalue weighted by Crippen LogP contribution is 2.28. The highest BCUT2D eigenvalue weighted by Gasteiger charge is 2.21. The highest BCUT2D eigenvalue weighted by molar-refractivity contribution is 5.97. The molecule has 1 aromatic rings. The Bertz CT molecular complexity index is 426. The minimum absolute atomic E-state index is 0.168. The molecule has 1 heterocycles. The third-order valence-electron chi connectivity index (χ3n) is 3.18. The van der Waals surface area contributed by atoms with Crippen molar-refractivity contribution in [3.05, 3.63) is 11.9 Å². The molecule has 1 amide bonds. The minimum atomic E-state index is -0.168. The molecule has 106 valence electrons. The Kier molecular flexibility index (Phi) is 4.79. The maximum absolute atomic E-state index is 12.0. The minimum Gasteiger partial charge on any atom is -0.396 e. The van der Waals surface area contributed by atoms with Crippen molar-refractivity contribution in [1.29, 1.82) is 0 Å². The number of nitrogens with zero attached hydrogens (tertiary/aromatic N) is 2.